The molecular weight excluding hydrogens is 296 g/mol. The topological polar surface area (TPSA) is 49.4 Å². The number of nitrogens with one attached hydrogen (secondary N) is 1. The van der Waals surface area contributed by atoms with E-state index < -0.39 is 5.54 Å². The van der Waals surface area contributed by atoms with Crippen molar-refractivity contribution in [2.75, 3.05) is 11.9 Å². The lowest BCUT2D eigenvalue weighted by Crippen LogP contribution is -2.48. The number of urea groups is 1. The second-order valence-electron chi connectivity index (χ2n) is 6.10. The van der Waals surface area contributed by atoms with Crippen molar-refractivity contribution in [2.45, 2.75) is 50.5 Å². The van der Waals surface area contributed by atoms with Crippen LogP contribution < -0.4 is 5.32 Å². The number of carbonyl (C=O) groups is 2. The van der Waals surface area contributed by atoms with E-state index in [2.05, 4.69) is 21.2 Å². The summed E-state index contributed by atoms with van der Waals surface area (Å²) in [6.07, 6.45) is 7.16. The van der Waals surface area contributed by atoms with Crippen LogP contribution in [0.4, 0.5) is 4.79 Å². The fraction of sp³-hybridized carbons (Fsp3) is 0.846. The molecule has 3 rings (SSSR count). The predicted molar refractivity (Wildman–Crippen MR) is 71.5 cm³/mol. The Balaban J connectivity index is 1.76. The van der Waals surface area contributed by atoms with Crippen molar-refractivity contribution in [2.24, 2.45) is 5.41 Å². The molecule has 0 aromatic carbocycles. The summed E-state index contributed by atoms with van der Waals surface area (Å²) in [7, 11) is 0. The van der Waals surface area contributed by atoms with E-state index >= 15 is 0 Å². The molecule has 0 aromatic rings. The number of halogens is 1. The molecule has 0 bridgehead atoms. The van der Waals surface area contributed by atoms with Crippen LogP contribution in [-0.2, 0) is 4.79 Å². The van der Waals surface area contributed by atoms with E-state index in [1.165, 1.54) is 11.3 Å². The highest BCUT2D eigenvalue weighted by Gasteiger charge is 2.54. The average molecular weight is 315 g/mol. The molecule has 1 aliphatic heterocycles. The van der Waals surface area contributed by atoms with Gasteiger partial charge in [-0.1, -0.05) is 35.2 Å². The maximum absolute atomic E-state index is 12.5. The molecule has 3 aliphatic rings. The fourth-order valence-electron chi connectivity index (χ4n) is 3.48. The van der Waals surface area contributed by atoms with Crippen LogP contribution in [0.3, 0.4) is 0 Å². The molecular formula is C13H19BrN2O2. The number of nitrogens with zero attached hydrogens (tertiary/aromatic N) is 1. The van der Waals surface area contributed by atoms with Crippen LogP contribution in [-0.4, -0.2) is 34.3 Å². The van der Waals surface area contributed by atoms with Crippen molar-refractivity contribution in [3.05, 3.63) is 0 Å². The zero-order valence-corrected chi connectivity index (χ0v) is 12.1. The van der Waals surface area contributed by atoms with Crippen molar-refractivity contribution >= 4 is 27.9 Å². The first kappa shape index (κ1) is 12.5. The van der Waals surface area contributed by atoms with E-state index in [1.54, 1.807) is 0 Å². The standard InChI is InChI=1S/C13H19BrN2O2/c14-8-12(4-3-5-12)9-16-10(17)13(15-11(16)18)6-1-2-7-13/h1-9H2,(H,15,18). The van der Waals surface area contributed by atoms with Gasteiger partial charge in [-0.15, -0.1) is 0 Å². The van der Waals surface area contributed by atoms with Gasteiger partial charge >= 0.3 is 6.03 Å². The minimum absolute atomic E-state index is 0.0252. The Hall–Kier alpha value is -0.580. The van der Waals surface area contributed by atoms with Gasteiger partial charge in [0.1, 0.15) is 5.54 Å². The summed E-state index contributed by atoms with van der Waals surface area (Å²) >= 11 is 3.54. The van der Waals surface area contributed by atoms with Gasteiger partial charge in [0, 0.05) is 11.9 Å². The third-order valence-corrected chi connectivity index (χ3v) is 6.08. The zero-order chi connectivity index (χ0) is 12.8. The van der Waals surface area contributed by atoms with Crippen LogP contribution in [0.5, 0.6) is 0 Å². The Labute approximate surface area is 116 Å². The Morgan fingerprint density at radius 2 is 1.78 bits per heavy atom. The molecule has 5 heteroatoms. The lowest BCUT2D eigenvalue weighted by Gasteiger charge is -2.42. The number of hydrogen-bond donors (Lipinski definition) is 1. The lowest BCUT2D eigenvalue weighted by atomic mass is 9.70. The van der Waals surface area contributed by atoms with Crippen molar-refractivity contribution in [1.29, 1.82) is 0 Å². The van der Waals surface area contributed by atoms with Crippen LogP contribution in [0.1, 0.15) is 44.9 Å². The smallest absolute Gasteiger partial charge is 0.323 e. The molecule has 0 aromatic heterocycles. The summed E-state index contributed by atoms with van der Waals surface area (Å²) in [5, 5.41) is 3.83. The second-order valence-corrected chi connectivity index (χ2v) is 6.66. The first-order chi connectivity index (χ1) is 8.61. The van der Waals surface area contributed by atoms with Gasteiger partial charge in [0.15, 0.2) is 0 Å². The number of carbonyl (C=O) groups excluding carboxylic acids is 2. The molecule has 1 saturated heterocycles. The van der Waals surface area contributed by atoms with Gasteiger partial charge in [0.05, 0.1) is 0 Å². The SMILES string of the molecule is O=C1NC2(CCCC2)C(=O)N1CC1(CBr)CCC1. The maximum Gasteiger partial charge on any atom is 0.325 e. The van der Waals surface area contributed by atoms with E-state index in [4.69, 9.17) is 0 Å². The van der Waals surface area contributed by atoms with Crippen LogP contribution >= 0.6 is 15.9 Å². The second kappa shape index (κ2) is 4.22. The molecule has 3 fully saturated rings. The fourth-order valence-corrected chi connectivity index (χ4v) is 4.22. The predicted octanol–water partition coefficient (Wildman–Crippen LogP) is 2.42. The average Bonchev–Trinajstić information content (AvgIpc) is 2.85. The van der Waals surface area contributed by atoms with Gasteiger partial charge in [-0.3, -0.25) is 9.69 Å². The Morgan fingerprint density at radius 1 is 1.11 bits per heavy atom. The van der Waals surface area contributed by atoms with Crippen molar-refractivity contribution in [1.82, 2.24) is 10.2 Å². The van der Waals surface area contributed by atoms with Crippen LogP contribution in [0.25, 0.3) is 0 Å². The van der Waals surface area contributed by atoms with Gasteiger partial charge in [-0.05, 0) is 31.1 Å². The van der Waals surface area contributed by atoms with Crippen molar-refractivity contribution in [3.8, 4) is 0 Å². The van der Waals surface area contributed by atoms with Gasteiger partial charge in [-0.25, -0.2) is 4.79 Å². The molecule has 4 nitrogen and oxygen atoms in total. The minimum atomic E-state index is -0.547. The largest absolute Gasteiger partial charge is 0.325 e. The highest BCUT2D eigenvalue weighted by atomic mass is 79.9. The quantitative estimate of drug-likeness (QED) is 0.642. The molecule has 1 spiro atoms. The molecule has 0 radical (unpaired) electrons. The van der Waals surface area contributed by atoms with E-state index in [-0.39, 0.29) is 17.4 Å². The third kappa shape index (κ3) is 1.70. The summed E-state index contributed by atoms with van der Waals surface area (Å²) in [4.78, 5) is 26.0. The Bertz CT molecular complexity index is 381. The monoisotopic (exact) mass is 314 g/mol. The van der Waals surface area contributed by atoms with Gasteiger partial charge in [0.2, 0.25) is 0 Å². The molecule has 3 amide bonds. The van der Waals surface area contributed by atoms with E-state index in [9.17, 15) is 9.59 Å². The van der Waals surface area contributed by atoms with E-state index in [0.717, 1.165) is 43.9 Å². The van der Waals surface area contributed by atoms with E-state index in [1.807, 2.05) is 0 Å². The van der Waals surface area contributed by atoms with Crippen LogP contribution in [0, 0.1) is 5.41 Å². The van der Waals surface area contributed by atoms with Crippen molar-refractivity contribution < 1.29 is 9.59 Å². The highest BCUT2D eigenvalue weighted by molar-refractivity contribution is 9.09. The molecule has 2 saturated carbocycles. The number of imide groups is 1. The van der Waals surface area contributed by atoms with Crippen LogP contribution in [0.15, 0.2) is 0 Å². The Kier molecular flexibility index (Phi) is 2.92. The summed E-state index contributed by atoms with van der Waals surface area (Å²) in [5.74, 6) is 0.0252. The van der Waals surface area contributed by atoms with E-state index in [0.29, 0.717) is 6.54 Å². The van der Waals surface area contributed by atoms with Crippen LogP contribution in [0.2, 0.25) is 0 Å². The molecule has 0 atom stereocenters. The number of hydrogen-bond acceptors (Lipinski definition) is 2. The normalized spacial score (nSPS) is 28.6. The summed E-state index contributed by atoms with van der Waals surface area (Å²) in [5.41, 5.74) is -0.411. The maximum atomic E-state index is 12.5. The van der Waals surface area contributed by atoms with Crippen molar-refractivity contribution in [3.63, 3.8) is 0 Å². The first-order valence-electron chi connectivity index (χ1n) is 6.81. The van der Waals surface area contributed by atoms with Gasteiger partial charge in [-0.2, -0.15) is 0 Å². The third-order valence-electron chi connectivity index (χ3n) is 4.89. The molecule has 0 unspecified atom stereocenters. The minimum Gasteiger partial charge on any atom is -0.323 e. The number of rotatable bonds is 3. The first-order valence-corrected chi connectivity index (χ1v) is 7.93. The number of amides is 3. The Morgan fingerprint density at radius 3 is 2.28 bits per heavy atom. The number of alkyl halides is 1. The lowest BCUT2D eigenvalue weighted by molar-refractivity contribution is -0.132. The molecule has 100 valence electrons. The summed E-state index contributed by atoms with van der Waals surface area (Å²) < 4.78 is 0. The molecule has 1 heterocycles. The summed E-state index contributed by atoms with van der Waals surface area (Å²) in [6.45, 7) is 0.588. The highest BCUT2D eigenvalue weighted by Crippen LogP contribution is 2.44. The molecule has 2 aliphatic carbocycles. The molecule has 1 N–H and O–H groups in total. The van der Waals surface area contributed by atoms with Gasteiger partial charge in [0.25, 0.3) is 5.91 Å². The molecule has 18 heavy (non-hydrogen) atoms. The zero-order valence-electron chi connectivity index (χ0n) is 10.5. The summed E-state index contributed by atoms with van der Waals surface area (Å²) in [6, 6.07) is -0.172. The van der Waals surface area contributed by atoms with Gasteiger partial charge < -0.3 is 5.32 Å².